The Balaban J connectivity index is 2.00. The Hall–Kier alpha value is -1.42. The predicted molar refractivity (Wildman–Crippen MR) is 77.4 cm³/mol. The highest BCUT2D eigenvalue weighted by molar-refractivity contribution is 5.79. The summed E-state index contributed by atoms with van der Waals surface area (Å²) >= 11 is 0. The molecule has 2 unspecified atom stereocenters. The van der Waals surface area contributed by atoms with Crippen molar-refractivity contribution < 1.29 is 9.18 Å². The Morgan fingerprint density at radius 3 is 2.85 bits per heavy atom. The molecule has 1 aliphatic carbocycles. The molecule has 3 nitrogen and oxygen atoms in total. The van der Waals surface area contributed by atoms with Crippen molar-refractivity contribution in [3.8, 4) is 0 Å². The van der Waals surface area contributed by atoms with Crippen LogP contribution >= 0.6 is 0 Å². The zero-order chi connectivity index (χ0) is 14.5. The second-order valence-corrected chi connectivity index (χ2v) is 5.71. The maximum Gasteiger partial charge on any atom is 0.226 e. The monoisotopic (exact) mass is 278 g/mol. The van der Waals surface area contributed by atoms with Crippen molar-refractivity contribution in [1.29, 1.82) is 0 Å². The fraction of sp³-hybridized carbons (Fsp3) is 0.562. The van der Waals surface area contributed by atoms with Crippen molar-refractivity contribution in [2.24, 2.45) is 17.6 Å². The van der Waals surface area contributed by atoms with E-state index < -0.39 is 0 Å². The van der Waals surface area contributed by atoms with Gasteiger partial charge in [0.15, 0.2) is 0 Å². The number of amides is 1. The highest BCUT2D eigenvalue weighted by atomic mass is 19.1. The first-order chi connectivity index (χ1) is 9.61. The first-order valence-electron chi connectivity index (χ1n) is 7.31. The van der Waals surface area contributed by atoms with Gasteiger partial charge in [0.05, 0.1) is 0 Å². The molecule has 1 aromatic carbocycles. The van der Waals surface area contributed by atoms with Gasteiger partial charge in [-0.1, -0.05) is 25.0 Å². The van der Waals surface area contributed by atoms with E-state index in [0.717, 1.165) is 24.8 Å². The molecule has 0 heterocycles. The molecule has 0 saturated heterocycles. The highest BCUT2D eigenvalue weighted by Gasteiger charge is 2.31. The summed E-state index contributed by atoms with van der Waals surface area (Å²) in [6, 6.07) is 6.41. The number of nitrogens with two attached hydrogens (primary N) is 1. The fourth-order valence-electron chi connectivity index (χ4n) is 3.09. The smallest absolute Gasteiger partial charge is 0.226 e. The van der Waals surface area contributed by atoms with E-state index in [0.29, 0.717) is 19.0 Å². The molecule has 1 fully saturated rings. The van der Waals surface area contributed by atoms with Gasteiger partial charge in [0.25, 0.3) is 0 Å². The van der Waals surface area contributed by atoms with Crippen LogP contribution < -0.4 is 5.73 Å². The fourth-order valence-corrected chi connectivity index (χ4v) is 3.09. The van der Waals surface area contributed by atoms with Crippen LogP contribution in [0.4, 0.5) is 4.39 Å². The van der Waals surface area contributed by atoms with Crippen LogP contribution in [-0.2, 0) is 11.3 Å². The van der Waals surface area contributed by atoms with Crippen molar-refractivity contribution in [3.05, 3.63) is 35.6 Å². The van der Waals surface area contributed by atoms with E-state index >= 15 is 0 Å². The van der Waals surface area contributed by atoms with Crippen molar-refractivity contribution >= 4 is 5.91 Å². The Morgan fingerprint density at radius 2 is 2.15 bits per heavy atom. The van der Waals surface area contributed by atoms with E-state index in [1.807, 2.05) is 6.07 Å². The van der Waals surface area contributed by atoms with Gasteiger partial charge in [-0.3, -0.25) is 4.79 Å². The van der Waals surface area contributed by atoms with Gasteiger partial charge in [0, 0.05) is 19.5 Å². The lowest BCUT2D eigenvalue weighted by Gasteiger charge is -2.32. The van der Waals surface area contributed by atoms with Crippen LogP contribution in [0, 0.1) is 17.7 Å². The van der Waals surface area contributed by atoms with E-state index in [1.54, 1.807) is 18.0 Å². The van der Waals surface area contributed by atoms with Gasteiger partial charge in [-0.2, -0.15) is 0 Å². The second-order valence-electron chi connectivity index (χ2n) is 5.71. The summed E-state index contributed by atoms with van der Waals surface area (Å²) in [7, 11) is 1.79. The minimum Gasteiger partial charge on any atom is -0.341 e. The average molecular weight is 278 g/mol. The third-order valence-electron chi connectivity index (χ3n) is 4.21. The molecule has 1 amide bonds. The maximum atomic E-state index is 13.2. The van der Waals surface area contributed by atoms with Crippen molar-refractivity contribution in [1.82, 2.24) is 4.90 Å². The van der Waals surface area contributed by atoms with Crippen molar-refractivity contribution in [2.45, 2.75) is 32.2 Å². The van der Waals surface area contributed by atoms with Crippen LogP contribution in [0.15, 0.2) is 24.3 Å². The van der Waals surface area contributed by atoms with Gasteiger partial charge in [-0.25, -0.2) is 4.39 Å². The third-order valence-corrected chi connectivity index (χ3v) is 4.21. The standard InChI is InChI=1S/C16H23FN2O/c1-19(11-12-5-4-7-14(17)9-12)16(20)15-8-3-2-6-13(15)10-18/h4-5,7,9,13,15H,2-3,6,8,10-11,18H2,1H3. The maximum absolute atomic E-state index is 13.2. The molecule has 2 N–H and O–H groups in total. The summed E-state index contributed by atoms with van der Waals surface area (Å²) < 4.78 is 13.2. The molecule has 4 heteroatoms. The van der Waals surface area contributed by atoms with Gasteiger partial charge >= 0.3 is 0 Å². The van der Waals surface area contributed by atoms with Crippen LogP contribution in [0.3, 0.4) is 0 Å². The van der Waals surface area contributed by atoms with Crippen LogP contribution in [-0.4, -0.2) is 24.4 Å². The van der Waals surface area contributed by atoms with Gasteiger partial charge < -0.3 is 10.6 Å². The van der Waals surface area contributed by atoms with Crippen molar-refractivity contribution in [2.75, 3.05) is 13.6 Å². The molecule has 1 aromatic rings. The lowest BCUT2D eigenvalue weighted by Crippen LogP contribution is -2.40. The largest absolute Gasteiger partial charge is 0.341 e. The molecule has 1 aliphatic rings. The summed E-state index contributed by atoms with van der Waals surface area (Å²) in [4.78, 5) is 14.2. The molecule has 2 atom stereocenters. The van der Waals surface area contributed by atoms with Crippen LogP contribution in [0.5, 0.6) is 0 Å². The van der Waals surface area contributed by atoms with Gasteiger partial charge in [0.2, 0.25) is 5.91 Å². The molecule has 110 valence electrons. The summed E-state index contributed by atoms with van der Waals surface area (Å²) in [6.45, 7) is 1.02. The third kappa shape index (κ3) is 3.57. The minimum absolute atomic E-state index is 0.0345. The lowest BCUT2D eigenvalue weighted by atomic mass is 9.78. The lowest BCUT2D eigenvalue weighted by molar-refractivity contribution is -0.137. The molecule has 20 heavy (non-hydrogen) atoms. The summed E-state index contributed by atoms with van der Waals surface area (Å²) in [5.74, 6) is 0.212. The normalized spacial score (nSPS) is 22.6. The number of hydrogen-bond acceptors (Lipinski definition) is 2. The van der Waals surface area contributed by atoms with E-state index in [2.05, 4.69) is 0 Å². The Labute approximate surface area is 120 Å². The van der Waals surface area contributed by atoms with Gasteiger partial charge in [0.1, 0.15) is 5.82 Å². The first kappa shape index (κ1) is 15.0. The summed E-state index contributed by atoms with van der Waals surface area (Å²) in [5.41, 5.74) is 6.60. The molecule has 0 aliphatic heterocycles. The second kappa shape index (κ2) is 6.84. The van der Waals surface area contributed by atoms with E-state index in [-0.39, 0.29) is 17.6 Å². The zero-order valence-electron chi connectivity index (χ0n) is 12.0. The molecule has 0 radical (unpaired) electrons. The number of carbonyl (C=O) groups is 1. The number of halogens is 1. The van der Waals surface area contributed by atoms with Crippen LogP contribution in [0.1, 0.15) is 31.2 Å². The molecular weight excluding hydrogens is 255 g/mol. The molecule has 0 bridgehead atoms. The average Bonchev–Trinajstić information content (AvgIpc) is 2.46. The molecular formula is C16H23FN2O. The molecule has 0 aromatic heterocycles. The van der Waals surface area contributed by atoms with Gasteiger partial charge in [-0.15, -0.1) is 0 Å². The zero-order valence-corrected chi connectivity index (χ0v) is 12.0. The van der Waals surface area contributed by atoms with E-state index in [1.165, 1.54) is 18.6 Å². The number of rotatable bonds is 4. The summed E-state index contributed by atoms with van der Waals surface area (Å²) in [5, 5.41) is 0. The highest BCUT2D eigenvalue weighted by Crippen LogP contribution is 2.30. The van der Waals surface area contributed by atoms with Gasteiger partial charge in [-0.05, 0) is 43.0 Å². The van der Waals surface area contributed by atoms with Crippen LogP contribution in [0.2, 0.25) is 0 Å². The molecule has 2 rings (SSSR count). The van der Waals surface area contributed by atoms with Crippen molar-refractivity contribution in [3.63, 3.8) is 0 Å². The number of carbonyl (C=O) groups excluding carboxylic acids is 1. The minimum atomic E-state index is -0.263. The Kier molecular flexibility index (Phi) is 5.12. The van der Waals surface area contributed by atoms with E-state index in [4.69, 9.17) is 5.73 Å². The number of nitrogens with zero attached hydrogens (tertiary/aromatic N) is 1. The topological polar surface area (TPSA) is 46.3 Å². The quantitative estimate of drug-likeness (QED) is 0.920. The Bertz CT molecular complexity index is 464. The summed E-state index contributed by atoms with van der Waals surface area (Å²) in [6.07, 6.45) is 4.23. The first-order valence-corrected chi connectivity index (χ1v) is 7.31. The predicted octanol–water partition coefficient (Wildman–Crippen LogP) is 2.55. The van der Waals surface area contributed by atoms with Crippen LogP contribution in [0.25, 0.3) is 0 Å². The number of hydrogen-bond donors (Lipinski definition) is 1. The SMILES string of the molecule is CN(Cc1cccc(F)c1)C(=O)C1CCCCC1CN. The molecule has 1 saturated carbocycles. The number of benzene rings is 1. The Morgan fingerprint density at radius 1 is 1.40 bits per heavy atom. The van der Waals surface area contributed by atoms with E-state index in [9.17, 15) is 9.18 Å². The molecule has 0 spiro atoms.